The highest BCUT2D eigenvalue weighted by Gasteiger charge is 2.29. The predicted molar refractivity (Wildman–Crippen MR) is 93.6 cm³/mol. The second-order valence-corrected chi connectivity index (χ2v) is 6.58. The summed E-state index contributed by atoms with van der Waals surface area (Å²) in [5.41, 5.74) is 3.54. The second kappa shape index (κ2) is 8.29. The van der Waals surface area contributed by atoms with E-state index in [1.165, 1.54) is 11.1 Å². The summed E-state index contributed by atoms with van der Waals surface area (Å²) in [4.78, 5) is 28.2. The molecule has 1 aliphatic rings. The van der Waals surface area contributed by atoms with Gasteiger partial charge in [0.05, 0.1) is 6.54 Å². The van der Waals surface area contributed by atoms with Crippen LogP contribution in [-0.2, 0) is 20.9 Å². The van der Waals surface area contributed by atoms with Gasteiger partial charge in [0, 0.05) is 26.2 Å². The van der Waals surface area contributed by atoms with Crippen LogP contribution in [0.2, 0.25) is 0 Å². The molecule has 0 unspecified atom stereocenters. The topological polar surface area (TPSA) is 49.9 Å². The van der Waals surface area contributed by atoms with Crippen LogP contribution < -0.4 is 0 Å². The quantitative estimate of drug-likeness (QED) is 0.803. The lowest BCUT2D eigenvalue weighted by Crippen LogP contribution is -2.54. The zero-order valence-corrected chi connectivity index (χ0v) is 15.2. The highest BCUT2D eigenvalue weighted by Crippen LogP contribution is 2.14. The number of rotatable bonds is 6. The smallest absolute Gasteiger partial charge is 0.251 e. The average Bonchev–Trinajstić information content (AvgIpc) is 2.52. The molecule has 1 saturated heterocycles. The molecule has 1 aliphatic heterocycles. The van der Waals surface area contributed by atoms with Crippen molar-refractivity contribution in [1.82, 2.24) is 9.80 Å². The number of amides is 2. The first-order valence-corrected chi connectivity index (χ1v) is 8.66. The molecule has 0 bridgehead atoms. The van der Waals surface area contributed by atoms with Crippen molar-refractivity contribution in [1.29, 1.82) is 0 Å². The number of hydrogen-bond donors (Lipinski definition) is 0. The molecule has 0 radical (unpaired) electrons. The van der Waals surface area contributed by atoms with Gasteiger partial charge >= 0.3 is 0 Å². The molecule has 0 spiro atoms. The molecule has 1 aromatic carbocycles. The molecule has 2 amide bonds. The highest BCUT2D eigenvalue weighted by molar-refractivity contribution is 5.87. The molecule has 5 nitrogen and oxygen atoms in total. The fourth-order valence-corrected chi connectivity index (χ4v) is 3.07. The van der Waals surface area contributed by atoms with E-state index in [0.29, 0.717) is 26.2 Å². The van der Waals surface area contributed by atoms with Crippen LogP contribution in [0, 0.1) is 13.8 Å². The SMILES string of the molecule is CCCO[C@H](C)C(=O)N1CCN(Cc2cc(C)cc(C)c2)C(=O)C1. The van der Waals surface area contributed by atoms with Gasteiger partial charge in [-0.05, 0) is 32.8 Å². The summed E-state index contributed by atoms with van der Waals surface area (Å²) in [5, 5.41) is 0. The first-order chi connectivity index (χ1) is 11.4. The van der Waals surface area contributed by atoms with E-state index in [-0.39, 0.29) is 18.4 Å². The van der Waals surface area contributed by atoms with E-state index < -0.39 is 6.10 Å². The van der Waals surface area contributed by atoms with Gasteiger partial charge in [-0.2, -0.15) is 0 Å². The molecule has 24 heavy (non-hydrogen) atoms. The number of hydrogen-bond acceptors (Lipinski definition) is 3. The van der Waals surface area contributed by atoms with Gasteiger partial charge in [-0.3, -0.25) is 9.59 Å². The monoisotopic (exact) mass is 332 g/mol. The van der Waals surface area contributed by atoms with Crippen LogP contribution >= 0.6 is 0 Å². The third-order valence-electron chi connectivity index (χ3n) is 4.20. The minimum atomic E-state index is -0.483. The maximum absolute atomic E-state index is 12.4. The number of benzene rings is 1. The minimum absolute atomic E-state index is 0.00329. The van der Waals surface area contributed by atoms with Crippen LogP contribution in [0.3, 0.4) is 0 Å². The van der Waals surface area contributed by atoms with Crippen LogP contribution in [0.15, 0.2) is 18.2 Å². The van der Waals surface area contributed by atoms with Gasteiger partial charge in [-0.1, -0.05) is 36.2 Å². The number of aryl methyl sites for hydroxylation is 2. The Bertz CT molecular complexity index is 580. The van der Waals surface area contributed by atoms with E-state index in [4.69, 9.17) is 4.74 Å². The Morgan fingerprint density at radius 2 is 1.88 bits per heavy atom. The molecular formula is C19H28N2O3. The van der Waals surface area contributed by atoms with Crippen LogP contribution in [0.25, 0.3) is 0 Å². The van der Waals surface area contributed by atoms with E-state index in [2.05, 4.69) is 32.0 Å². The Balaban J connectivity index is 1.93. The Hall–Kier alpha value is -1.88. The Morgan fingerprint density at radius 3 is 2.46 bits per heavy atom. The van der Waals surface area contributed by atoms with E-state index in [0.717, 1.165) is 12.0 Å². The zero-order chi connectivity index (χ0) is 17.7. The van der Waals surface area contributed by atoms with E-state index in [9.17, 15) is 9.59 Å². The van der Waals surface area contributed by atoms with E-state index in [1.807, 2.05) is 11.8 Å². The summed E-state index contributed by atoms with van der Waals surface area (Å²) < 4.78 is 5.47. The highest BCUT2D eigenvalue weighted by atomic mass is 16.5. The normalized spacial score (nSPS) is 16.4. The Morgan fingerprint density at radius 1 is 1.21 bits per heavy atom. The molecule has 1 atom stereocenters. The van der Waals surface area contributed by atoms with E-state index >= 15 is 0 Å². The Labute approximate surface area is 144 Å². The van der Waals surface area contributed by atoms with Crippen molar-refractivity contribution < 1.29 is 14.3 Å². The van der Waals surface area contributed by atoms with Crippen molar-refractivity contribution in [2.24, 2.45) is 0 Å². The molecule has 0 aromatic heterocycles. The lowest BCUT2D eigenvalue weighted by Gasteiger charge is -2.35. The molecular weight excluding hydrogens is 304 g/mol. The number of ether oxygens (including phenoxy) is 1. The number of carbonyl (C=O) groups excluding carboxylic acids is 2. The van der Waals surface area contributed by atoms with Gasteiger partial charge in [0.2, 0.25) is 5.91 Å². The van der Waals surface area contributed by atoms with Gasteiger partial charge in [-0.15, -0.1) is 0 Å². The number of nitrogens with zero attached hydrogens (tertiary/aromatic N) is 2. The van der Waals surface area contributed by atoms with Crippen molar-refractivity contribution in [2.75, 3.05) is 26.2 Å². The standard InChI is InChI=1S/C19H28N2O3/c1-5-8-24-16(4)19(23)21-7-6-20(18(22)13-21)12-17-10-14(2)9-15(3)11-17/h9-11,16H,5-8,12-13H2,1-4H3/t16-/m1/s1. The molecule has 5 heteroatoms. The van der Waals surface area contributed by atoms with Gasteiger partial charge in [0.25, 0.3) is 5.91 Å². The third kappa shape index (κ3) is 4.81. The maximum Gasteiger partial charge on any atom is 0.251 e. The fourth-order valence-electron chi connectivity index (χ4n) is 3.07. The molecule has 1 aromatic rings. The van der Waals surface area contributed by atoms with Crippen LogP contribution in [-0.4, -0.2) is 54.0 Å². The molecule has 1 fully saturated rings. The van der Waals surface area contributed by atoms with Crippen molar-refractivity contribution in [3.63, 3.8) is 0 Å². The average molecular weight is 332 g/mol. The van der Waals surface area contributed by atoms with Crippen LogP contribution in [0.1, 0.15) is 37.0 Å². The van der Waals surface area contributed by atoms with Crippen LogP contribution in [0.4, 0.5) is 0 Å². The summed E-state index contributed by atoms with van der Waals surface area (Å²) in [7, 11) is 0. The van der Waals surface area contributed by atoms with Gasteiger partial charge in [0.15, 0.2) is 0 Å². The summed E-state index contributed by atoms with van der Waals surface area (Å²) in [6, 6.07) is 6.34. The molecule has 132 valence electrons. The van der Waals surface area contributed by atoms with Gasteiger partial charge in [0.1, 0.15) is 6.10 Å². The second-order valence-electron chi connectivity index (χ2n) is 6.58. The lowest BCUT2D eigenvalue weighted by molar-refractivity contribution is -0.152. The molecule has 1 heterocycles. The first kappa shape index (κ1) is 18.5. The van der Waals surface area contributed by atoms with Crippen molar-refractivity contribution in [2.45, 2.75) is 46.8 Å². The summed E-state index contributed by atoms with van der Waals surface area (Å²) in [6.07, 6.45) is 0.393. The summed E-state index contributed by atoms with van der Waals surface area (Å²) in [5.74, 6) is -0.0979. The van der Waals surface area contributed by atoms with Gasteiger partial charge in [-0.25, -0.2) is 0 Å². The largest absolute Gasteiger partial charge is 0.369 e. The zero-order valence-electron chi connectivity index (χ0n) is 15.2. The maximum atomic E-state index is 12.4. The van der Waals surface area contributed by atoms with Crippen molar-refractivity contribution in [3.8, 4) is 0 Å². The molecule has 0 aliphatic carbocycles. The van der Waals surface area contributed by atoms with Gasteiger partial charge < -0.3 is 14.5 Å². The Kier molecular flexibility index (Phi) is 6.37. The summed E-state index contributed by atoms with van der Waals surface area (Å²) in [6.45, 7) is 10.3. The lowest BCUT2D eigenvalue weighted by atomic mass is 10.1. The molecule has 0 saturated carbocycles. The number of carbonyl (C=O) groups is 2. The number of piperazine rings is 1. The molecule has 2 rings (SSSR count). The third-order valence-corrected chi connectivity index (χ3v) is 4.20. The van der Waals surface area contributed by atoms with Crippen molar-refractivity contribution >= 4 is 11.8 Å². The molecule has 0 N–H and O–H groups in total. The van der Waals surface area contributed by atoms with Crippen LogP contribution in [0.5, 0.6) is 0 Å². The van der Waals surface area contributed by atoms with E-state index in [1.54, 1.807) is 11.8 Å². The predicted octanol–water partition coefficient (Wildman–Crippen LogP) is 2.29. The summed E-state index contributed by atoms with van der Waals surface area (Å²) >= 11 is 0. The van der Waals surface area contributed by atoms with Crippen molar-refractivity contribution in [3.05, 3.63) is 34.9 Å². The first-order valence-electron chi connectivity index (χ1n) is 8.66. The minimum Gasteiger partial charge on any atom is -0.369 e. The fraction of sp³-hybridized carbons (Fsp3) is 0.579.